The smallest absolute Gasteiger partial charge is 0.229 e. The average molecular weight is 330 g/mol. The molecule has 24 heavy (non-hydrogen) atoms. The molecule has 1 aromatic carbocycles. The van der Waals surface area contributed by atoms with E-state index in [2.05, 4.69) is 9.80 Å². The summed E-state index contributed by atoms with van der Waals surface area (Å²) in [4.78, 5) is 17.7. The normalized spacial score (nSPS) is 25.0. The van der Waals surface area contributed by atoms with Gasteiger partial charge in [0.1, 0.15) is 13.2 Å². The molecular formula is C19H26N2O3. The van der Waals surface area contributed by atoms with E-state index in [1.807, 2.05) is 25.1 Å². The van der Waals surface area contributed by atoms with Gasteiger partial charge in [-0.15, -0.1) is 0 Å². The molecule has 3 aliphatic rings. The first-order chi connectivity index (χ1) is 11.7. The van der Waals surface area contributed by atoms with Crippen LogP contribution < -0.4 is 9.47 Å². The zero-order chi connectivity index (χ0) is 16.5. The van der Waals surface area contributed by atoms with Crippen molar-refractivity contribution in [2.45, 2.75) is 38.1 Å². The van der Waals surface area contributed by atoms with E-state index < -0.39 is 0 Å². The minimum absolute atomic E-state index is 0.145. The molecule has 1 amide bonds. The monoisotopic (exact) mass is 330 g/mol. The van der Waals surface area contributed by atoms with E-state index in [4.69, 9.17) is 9.47 Å². The molecule has 4 rings (SSSR count). The molecule has 2 atom stereocenters. The van der Waals surface area contributed by atoms with Crippen LogP contribution in [0.4, 0.5) is 0 Å². The van der Waals surface area contributed by atoms with Gasteiger partial charge < -0.3 is 14.4 Å². The summed E-state index contributed by atoms with van der Waals surface area (Å²) >= 11 is 0. The maximum atomic E-state index is 13.0. The Balaban J connectivity index is 1.49. The van der Waals surface area contributed by atoms with Crippen LogP contribution in [0.3, 0.4) is 0 Å². The third-order valence-corrected chi connectivity index (χ3v) is 5.55. The summed E-state index contributed by atoms with van der Waals surface area (Å²) in [7, 11) is 0. The number of carbonyl (C=O) groups excluding carboxylic acids is 1. The molecule has 3 aliphatic heterocycles. The molecule has 0 aliphatic carbocycles. The van der Waals surface area contributed by atoms with Crippen LogP contribution in [0, 0.1) is 0 Å². The van der Waals surface area contributed by atoms with Crippen LogP contribution >= 0.6 is 0 Å². The molecule has 5 nitrogen and oxygen atoms in total. The second-order valence-corrected chi connectivity index (χ2v) is 7.09. The molecule has 5 heteroatoms. The summed E-state index contributed by atoms with van der Waals surface area (Å²) in [5, 5.41) is 0. The molecule has 0 aromatic heterocycles. The number of ether oxygens (including phenoxy) is 2. The van der Waals surface area contributed by atoms with E-state index in [1.165, 1.54) is 19.4 Å². The molecular weight excluding hydrogens is 304 g/mol. The van der Waals surface area contributed by atoms with Gasteiger partial charge in [0.2, 0.25) is 5.91 Å². The van der Waals surface area contributed by atoms with Gasteiger partial charge in [-0.1, -0.05) is 6.07 Å². The van der Waals surface area contributed by atoms with Crippen LogP contribution in [0.25, 0.3) is 0 Å². The summed E-state index contributed by atoms with van der Waals surface area (Å²) in [6.07, 6.45) is 3.57. The zero-order valence-corrected chi connectivity index (χ0v) is 14.4. The molecule has 3 heterocycles. The predicted octanol–water partition coefficient (Wildman–Crippen LogP) is 2.26. The maximum Gasteiger partial charge on any atom is 0.229 e. The Morgan fingerprint density at radius 1 is 1.12 bits per heavy atom. The minimum Gasteiger partial charge on any atom is -0.486 e. The van der Waals surface area contributed by atoms with E-state index in [0.29, 0.717) is 19.3 Å². The van der Waals surface area contributed by atoms with Crippen molar-refractivity contribution in [1.29, 1.82) is 0 Å². The van der Waals surface area contributed by atoms with E-state index in [0.717, 1.165) is 43.1 Å². The number of carbonyl (C=O) groups is 1. The van der Waals surface area contributed by atoms with E-state index >= 15 is 0 Å². The van der Waals surface area contributed by atoms with Crippen molar-refractivity contribution >= 4 is 5.91 Å². The highest BCUT2D eigenvalue weighted by molar-refractivity contribution is 5.83. The fourth-order valence-electron chi connectivity index (χ4n) is 4.15. The lowest BCUT2D eigenvalue weighted by atomic mass is 9.98. The number of hydrogen-bond acceptors (Lipinski definition) is 4. The lowest BCUT2D eigenvalue weighted by Gasteiger charge is -2.28. The van der Waals surface area contributed by atoms with Crippen molar-refractivity contribution in [2.24, 2.45) is 0 Å². The molecule has 0 saturated carbocycles. The fourth-order valence-corrected chi connectivity index (χ4v) is 4.15. The van der Waals surface area contributed by atoms with Crippen LogP contribution in [-0.2, 0) is 4.79 Å². The third-order valence-electron chi connectivity index (χ3n) is 5.55. The van der Waals surface area contributed by atoms with E-state index in [9.17, 15) is 4.79 Å². The lowest BCUT2D eigenvalue weighted by molar-refractivity contribution is -0.132. The van der Waals surface area contributed by atoms with Crippen molar-refractivity contribution in [2.75, 3.05) is 39.4 Å². The average Bonchev–Trinajstić information content (AvgIpc) is 2.96. The standard InChI is InChI=1S/C19H26N2O3/c1-14(15-5-6-17-18(12-15)24-11-10-23-17)19(22)21-9-3-8-20-7-2-4-16(20)13-21/h5-6,12,14,16H,2-4,7-11,13H2,1H3/t14-,16-/m0/s1. The molecule has 0 unspecified atom stereocenters. The third kappa shape index (κ3) is 2.97. The predicted molar refractivity (Wildman–Crippen MR) is 91.6 cm³/mol. The summed E-state index contributed by atoms with van der Waals surface area (Å²) in [5.74, 6) is 1.63. The van der Waals surface area contributed by atoms with Gasteiger partial charge >= 0.3 is 0 Å². The van der Waals surface area contributed by atoms with E-state index in [-0.39, 0.29) is 11.8 Å². The maximum absolute atomic E-state index is 13.0. The molecule has 0 N–H and O–H groups in total. The van der Waals surface area contributed by atoms with Crippen LogP contribution in [0.5, 0.6) is 11.5 Å². The highest BCUT2D eigenvalue weighted by Gasteiger charge is 2.32. The van der Waals surface area contributed by atoms with Gasteiger partial charge in [0.25, 0.3) is 0 Å². The quantitative estimate of drug-likeness (QED) is 0.834. The van der Waals surface area contributed by atoms with Gasteiger partial charge in [-0.2, -0.15) is 0 Å². The Kier molecular flexibility index (Phi) is 4.35. The summed E-state index contributed by atoms with van der Waals surface area (Å²) < 4.78 is 11.2. The Morgan fingerprint density at radius 2 is 1.92 bits per heavy atom. The Bertz CT molecular complexity index is 619. The molecule has 2 saturated heterocycles. The second-order valence-electron chi connectivity index (χ2n) is 7.09. The van der Waals surface area contributed by atoms with Gasteiger partial charge in [0.05, 0.1) is 5.92 Å². The first-order valence-electron chi connectivity index (χ1n) is 9.15. The van der Waals surface area contributed by atoms with Gasteiger partial charge in [-0.3, -0.25) is 9.69 Å². The van der Waals surface area contributed by atoms with Crippen molar-refractivity contribution in [3.05, 3.63) is 23.8 Å². The minimum atomic E-state index is -0.145. The summed E-state index contributed by atoms with van der Waals surface area (Å²) in [5.41, 5.74) is 1.01. The summed E-state index contributed by atoms with van der Waals surface area (Å²) in [6.45, 7) is 7.26. The summed E-state index contributed by atoms with van der Waals surface area (Å²) in [6, 6.07) is 6.45. The topological polar surface area (TPSA) is 42.0 Å². The number of rotatable bonds is 2. The van der Waals surface area contributed by atoms with E-state index in [1.54, 1.807) is 0 Å². The molecule has 0 spiro atoms. The van der Waals surface area contributed by atoms with Crippen LogP contribution in [0.2, 0.25) is 0 Å². The molecule has 0 radical (unpaired) electrons. The molecule has 1 aromatic rings. The molecule has 130 valence electrons. The lowest BCUT2D eigenvalue weighted by Crippen LogP contribution is -2.41. The highest BCUT2D eigenvalue weighted by Crippen LogP contribution is 2.34. The Labute approximate surface area is 143 Å². The zero-order valence-electron chi connectivity index (χ0n) is 14.4. The van der Waals surface area contributed by atoms with Crippen molar-refractivity contribution < 1.29 is 14.3 Å². The van der Waals surface area contributed by atoms with Crippen molar-refractivity contribution in [3.8, 4) is 11.5 Å². The number of hydrogen-bond donors (Lipinski definition) is 0. The number of amides is 1. The first-order valence-corrected chi connectivity index (χ1v) is 9.15. The van der Waals surface area contributed by atoms with Crippen LogP contribution in [0.15, 0.2) is 18.2 Å². The highest BCUT2D eigenvalue weighted by atomic mass is 16.6. The van der Waals surface area contributed by atoms with Crippen molar-refractivity contribution in [3.63, 3.8) is 0 Å². The first kappa shape index (κ1) is 15.8. The number of nitrogens with zero attached hydrogens (tertiary/aromatic N) is 2. The van der Waals surface area contributed by atoms with Crippen LogP contribution in [-0.4, -0.2) is 61.1 Å². The fraction of sp³-hybridized carbons (Fsp3) is 0.632. The number of benzene rings is 1. The van der Waals surface area contributed by atoms with Gasteiger partial charge in [0.15, 0.2) is 11.5 Å². The second kappa shape index (κ2) is 6.63. The molecule has 0 bridgehead atoms. The largest absolute Gasteiger partial charge is 0.486 e. The SMILES string of the molecule is C[C@H](C(=O)N1CCCN2CCC[C@H]2C1)c1ccc2c(c1)OCCO2. The van der Waals surface area contributed by atoms with Crippen molar-refractivity contribution in [1.82, 2.24) is 9.80 Å². The van der Waals surface area contributed by atoms with Gasteiger partial charge in [-0.05, 0) is 50.4 Å². The Hall–Kier alpha value is -1.75. The van der Waals surface area contributed by atoms with Gasteiger partial charge in [0, 0.05) is 25.7 Å². The molecule has 2 fully saturated rings. The number of fused-ring (bicyclic) bond motifs is 2. The Morgan fingerprint density at radius 3 is 2.79 bits per heavy atom. The van der Waals surface area contributed by atoms with Gasteiger partial charge in [-0.25, -0.2) is 0 Å². The van der Waals surface area contributed by atoms with Crippen LogP contribution in [0.1, 0.15) is 37.7 Å².